The molecule has 0 aliphatic carbocycles. The molecule has 2 aromatic rings. The van der Waals surface area contributed by atoms with E-state index >= 15 is 0 Å². The molecular weight excluding hydrogens is 231 g/mol. The Bertz CT molecular complexity index is 534. The Labute approximate surface area is 106 Å². The summed E-state index contributed by atoms with van der Waals surface area (Å²) in [5.74, 6) is 0.851. The van der Waals surface area contributed by atoms with E-state index in [1.54, 1.807) is 18.2 Å². The molecule has 18 heavy (non-hydrogen) atoms. The quantitative estimate of drug-likeness (QED) is 0.828. The molecule has 0 aliphatic heterocycles. The van der Waals surface area contributed by atoms with Crippen molar-refractivity contribution >= 4 is 0 Å². The fourth-order valence-corrected chi connectivity index (χ4v) is 1.85. The van der Waals surface area contributed by atoms with E-state index in [1.807, 2.05) is 13.1 Å². The fraction of sp³-hybridized carbons (Fsp3) is 0.357. The summed E-state index contributed by atoms with van der Waals surface area (Å²) in [5.41, 5.74) is 0.810. The predicted octanol–water partition coefficient (Wildman–Crippen LogP) is 3.49. The van der Waals surface area contributed by atoms with Crippen LogP contribution in [0.4, 0.5) is 4.39 Å². The van der Waals surface area contributed by atoms with Gasteiger partial charge in [-0.25, -0.2) is 9.37 Å². The Morgan fingerprint density at radius 1 is 1.33 bits per heavy atom. The van der Waals surface area contributed by atoms with Crippen LogP contribution in [0.5, 0.6) is 5.75 Å². The van der Waals surface area contributed by atoms with Crippen LogP contribution in [0.1, 0.15) is 31.4 Å². The zero-order valence-electron chi connectivity index (χ0n) is 10.9. The zero-order chi connectivity index (χ0) is 13.1. The normalized spacial score (nSPS) is 10.9. The second kappa shape index (κ2) is 5.21. The first-order chi connectivity index (χ1) is 8.58. The molecule has 0 atom stereocenters. The Hall–Kier alpha value is -1.84. The molecule has 3 nitrogen and oxygen atoms in total. The van der Waals surface area contributed by atoms with Crippen molar-refractivity contribution < 1.29 is 9.13 Å². The monoisotopic (exact) mass is 248 g/mol. The van der Waals surface area contributed by atoms with E-state index < -0.39 is 0 Å². The number of rotatable bonds is 4. The number of aryl methyl sites for hydroxylation is 1. The van der Waals surface area contributed by atoms with Crippen LogP contribution in [0.3, 0.4) is 0 Å². The summed E-state index contributed by atoms with van der Waals surface area (Å²) in [7, 11) is 0. The minimum Gasteiger partial charge on any atom is -0.484 e. The van der Waals surface area contributed by atoms with Gasteiger partial charge < -0.3 is 9.30 Å². The molecule has 0 N–H and O–H groups in total. The second-order valence-electron chi connectivity index (χ2n) is 4.50. The van der Waals surface area contributed by atoms with Crippen LogP contribution in [0.25, 0.3) is 0 Å². The maximum absolute atomic E-state index is 13.4. The van der Waals surface area contributed by atoms with Crippen LogP contribution in [0.15, 0.2) is 30.5 Å². The molecule has 0 saturated heterocycles. The van der Waals surface area contributed by atoms with Crippen LogP contribution in [0.2, 0.25) is 0 Å². The van der Waals surface area contributed by atoms with Gasteiger partial charge in [-0.1, -0.05) is 12.1 Å². The molecule has 2 rings (SSSR count). The highest BCUT2D eigenvalue weighted by Gasteiger charge is 2.08. The molecule has 0 amide bonds. The molecule has 1 aromatic heterocycles. The number of ether oxygens (including phenoxy) is 1. The van der Waals surface area contributed by atoms with E-state index in [0.29, 0.717) is 6.04 Å². The van der Waals surface area contributed by atoms with Gasteiger partial charge in [0.15, 0.2) is 11.6 Å². The molecule has 0 aliphatic rings. The lowest BCUT2D eigenvalue weighted by Crippen LogP contribution is -2.01. The third-order valence-corrected chi connectivity index (χ3v) is 2.74. The van der Waals surface area contributed by atoms with Crippen molar-refractivity contribution in [1.82, 2.24) is 9.55 Å². The van der Waals surface area contributed by atoms with Gasteiger partial charge in [-0.15, -0.1) is 0 Å². The molecule has 0 bridgehead atoms. The number of halogens is 1. The smallest absolute Gasteiger partial charge is 0.165 e. The molecule has 4 heteroatoms. The topological polar surface area (TPSA) is 27.1 Å². The summed E-state index contributed by atoms with van der Waals surface area (Å²) in [6.07, 6.45) is 1.95. The van der Waals surface area contributed by atoms with Crippen molar-refractivity contribution in [2.75, 3.05) is 0 Å². The molecule has 1 heterocycles. The van der Waals surface area contributed by atoms with E-state index in [0.717, 1.165) is 11.5 Å². The summed E-state index contributed by atoms with van der Waals surface area (Å²) >= 11 is 0. The van der Waals surface area contributed by atoms with Gasteiger partial charge in [-0.3, -0.25) is 0 Å². The minimum atomic E-state index is -0.350. The third-order valence-electron chi connectivity index (χ3n) is 2.74. The van der Waals surface area contributed by atoms with Gasteiger partial charge in [-0.05, 0) is 32.9 Å². The van der Waals surface area contributed by atoms with Gasteiger partial charge in [0, 0.05) is 12.2 Å². The van der Waals surface area contributed by atoms with Crippen molar-refractivity contribution in [3.05, 3.63) is 47.8 Å². The third kappa shape index (κ3) is 2.70. The fourth-order valence-electron chi connectivity index (χ4n) is 1.85. The van der Waals surface area contributed by atoms with Gasteiger partial charge in [0.05, 0.1) is 5.69 Å². The number of hydrogen-bond donors (Lipinski definition) is 0. The average molecular weight is 248 g/mol. The molecule has 0 radical (unpaired) electrons. The molecule has 0 saturated carbocycles. The average Bonchev–Trinajstić information content (AvgIpc) is 2.70. The van der Waals surface area contributed by atoms with Crippen LogP contribution in [-0.4, -0.2) is 9.55 Å². The molecule has 1 aromatic carbocycles. The van der Waals surface area contributed by atoms with Gasteiger partial charge in [0.25, 0.3) is 0 Å². The standard InChI is InChI=1S/C14H17FN2O/c1-10(2)17-8-12(16-11(17)3)9-18-14-7-5-4-6-13(14)15/h4-8,10H,9H2,1-3H3. The maximum atomic E-state index is 13.4. The SMILES string of the molecule is Cc1nc(COc2ccccc2F)cn1C(C)C. The largest absolute Gasteiger partial charge is 0.484 e. The number of aromatic nitrogens is 2. The summed E-state index contributed by atoms with van der Waals surface area (Å²) < 4.78 is 20.8. The van der Waals surface area contributed by atoms with Crippen LogP contribution >= 0.6 is 0 Å². The first kappa shape index (κ1) is 12.6. The molecule has 0 unspecified atom stereocenters. The number of benzene rings is 1. The lowest BCUT2D eigenvalue weighted by molar-refractivity contribution is 0.286. The van der Waals surface area contributed by atoms with E-state index in [9.17, 15) is 4.39 Å². The lowest BCUT2D eigenvalue weighted by Gasteiger charge is -2.07. The molecule has 96 valence electrons. The number of imidazole rings is 1. The van der Waals surface area contributed by atoms with Crippen molar-refractivity contribution in [3.8, 4) is 5.75 Å². The number of hydrogen-bond acceptors (Lipinski definition) is 2. The first-order valence-corrected chi connectivity index (χ1v) is 5.99. The van der Waals surface area contributed by atoms with Crippen molar-refractivity contribution in [2.24, 2.45) is 0 Å². The Morgan fingerprint density at radius 2 is 2.06 bits per heavy atom. The van der Waals surface area contributed by atoms with Crippen LogP contribution < -0.4 is 4.74 Å². The van der Waals surface area contributed by atoms with Gasteiger partial charge in [0.2, 0.25) is 0 Å². The van der Waals surface area contributed by atoms with E-state index in [4.69, 9.17) is 4.74 Å². The first-order valence-electron chi connectivity index (χ1n) is 5.99. The van der Waals surface area contributed by atoms with Gasteiger partial charge in [-0.2, -0.15) is 0 Å². The van der Waals surface area contributed by atoms with Crippen molar-refractivity contribution in [1.29, 1.82) is 0 Å². The minimum absolute atomic E-state index is 0.259. The summed E-state index contributed by atoms with van der Waals surface area (Å²) in [5, 5.41) is 0. The number of nitrogens with zero attached hydrogens (tertiary/aromatic N) is 2. The van der Waals surface area contributed by atoms with Gasteiger partial charge >= 0.3 is 0 Å². The Kier molecular flexibility index (Phi) is 3.65. The summed E-state index contributed by atoms with van der Waals surface area (Å²) in [6.45, 7) is 6.42. The van der Waals surface area contributed by atoms with Crippen LogP contribution in [-0.2, 0) is 6.61 Å². The Morgan fingerprint density at radius 3 is 2.67 bits per heavy atom. The van der Waals surface area contributed by atoms with Crippen molar-refractivity contribution in [3.63, 3.8) is 0 Å². The predicted molar refractivity (Wildman–Crippen MR) is 68.1 cm³/mol. The molecule has 0 fully saturated rings. The zero-order valence-corrected chi connectivity index (χ0v) is 10.9. The summed E-state index contributed by atoms with van der Waals surface area (Å²) in [4.78, 5) is 4.39. The highest BCUT2D eigenvalue weighted by molar-refractivity contribution is 5.23. The molecular formula is C14H17FN2O. The number of para-hydroxylation sites is 1. The van der Waals surface area contributed by atoms with E-state index in [1.165, 1.54) is 6.07 Å². The molecule has 0 spiro atoms. The van der Waals surface area contributed by atoms with Gasteiger partial charge in [0.1, 0.15) is 12.4 Å². The van der Waals surface area contributed by atoms with E-state index in [-0.39, 0.29) is 18.2 Å². The highest BCUT2D eigenvalue weighted by Crippen LogP contribution is 2.17. The van der Waals surface area contributed by atoms with Crippen LogP contribution in [0, 0.1) is 12.7 Å². The van der Waals surface area contributed by atoms with E-state index in [2.05, 4.69) is 23.4 Å². The highest BCUT2D eigenvalue weighted by atomic mass is 19.1. The summed E-state index contributed by atoms with van der Waals surface area (Å²) in [6, 6.07) is 6.74. The second-order valence-corrected chi connectivity index (χ2v) is 4.50. The lowest BCUT2D eigenvalue weighted by atomic mass is 10.3. The Balaban J connectivity index is 2.07. The maximum Gasteiger partial charge on any atom is 0.165 e. The van der Waals surface area contributed by atoms with Crippen molar-refractivity contribution in [2.45, 2.75) is 33.4 Å².